The van der Waals surface area contributed by atoms with Gasteiger partial charge < -0.3 is 24.2 Å². The van der Waals surface area contributed by atoms with Crippen LogP contribution in [0.25, 0.3) is 0 Å². The molecule has 1 saturated heterocycles. The monoisotopic (exact) mass is 262 g/mol. The lowest BCUT2D eigenvalue weighted by Gasteiger charge is -2.14. The van der Waals surface area contributed by atoms with Gasteiger partial charge in [-0.2, -0.15) is 0 Å². The summed E-state index contributed by atoms with van der Waals surface area (Å²) in [6.45, 7) is 0.828. The molecule has 0 atom stereocenters. The van der Waals surface area contributed by atoms with Crippen LogP contribution in [0.1, 0.15) is 11.9 Å². The van der Waals surface area contributed by atoms with E-state index in [1.807, 2.05) is 0 Å². The van der Waals surface area contributed by atoms with Gasteiger partial charge in [-0.05, 0) is 12.1 Å². The topological polar surface area (TPSA) is 68.2 Å². The highest BCUT2D eigenvalue weighted by Crippen LogP contribution is 2.34. The zero-order chi connectivity index (χ0) is 12.4. The molecule has 92 valence electrons. The first-order valence-electron chi connectivity index (χ1n) is 4.83. The second-order valence-electron chi connectivity index (χ2n) is 3.32. The molecule has 1 aliphatic rings. The van der Waals surface area contributed by atoms with Crippen LogP contribution in [-0.2, 0) is 9.47 Å². The minimum atomic E-state index is -2.11. The van der Waals surface area contributed by atoms with Crippen LogP contribution in [0, 0.1) is 5.82 Å². The van der Waals surface area contributed by atoms with Crippen LogP contribution in [0.5, 0.6) is 5.75 Å². The van der Waals surface area contributed by atoms with E-state index in [0.717, 1.165) is 6.07 Å². The first-order chi connectivity index (χ1) is 8.08. The van der Waals surface area contributed by atoms with Crippen molar-refractivity contribution >= 4 is 18.9 Å². The van der Waals surface area contributed by atoms with Gasteiger partial charge in [0.1, 0.15) is 5.75 Å². The van der Waals surface area contributed by atoms with Crippen molar-refractivity contribution in [2.45, 2.75) is 6.29 Å². The van der Waals surface area contributed by atoms with Crippen molar-refractivity contribution in [1.82, 2.24) is 0 Å². The molecule has 0 aliphatic carbocycles. The van der Waals surface area contributed by atoms with Crippen LogP contribution in [0.4, 0.5) is 4.39 Å². The molecule has 17 heavy (non-hydrogen) atoms. The molecular weight excluding hydrogens is 253 g/mol. The first kappa shape index (κ1) is 12.6. The van der Waals surface area contributed by atoms with Crippen molar-refractivity contribution in [1.29, 1.82) is 0 Å². The Balaban J connectivity index is 2.31. The predicted molar refractivity (Wildman–Crippen MR) is 56.9 cm³/mol. The second kappa shape index (κ2) is 5.20. The van der Waals surface area contributed by atoms with Crippen LogP contribution < -0.4 is 4.65 Å². The lowest BCUT2D eigenvalue weighted by molar-refractivity contribution is -0.0441. The number of hydrogen-bond acceptors (Lipinski definition) is 5. The van der Waals surface area contributed by atoms with Crippen molar-refractivity contribution < 1.29 is 28.6 Å². The molecule has 1 fully saturated rings. The fourth-order valence-corrected chi connectivity index (χ4v) is 1.71. The zero-order valence-corrected chi connectivity index (χ0v) is 9.35. The van der Waals surface area contributed by atoms with Crippen LogP contribution in [0.15, 0.2) is 12.1 Å². The molecule has 0 unspecified atom stereocenters. The summed E-state index contributed by atoms with van der Waals surface area (Å²) in [4.78, 5) is 0. The van der Waals surface area contributed by atoms with E-state index < -0.39 is 19.4 Å². The smallest absolute Gasteiger partial charge is 0.510 e. The third-order valence-electron chi connectivity index (χ3n) is 2.16. The minimum Gasteiger partial charge on any atom is -0.510 e. The number of ether oxygens (including phenoxy) is 2. The molecule has 2 rings (SSSR count). The molecule has 1 aliphatic heterocycles. The largest absolute Gasteiger partial charge is 0.707 e. The van der Waals surface area contributed by atoms with Gasteiger partial charge in [-0.25, -0.2) is 4.39 Å². The number of rotatable bonds is 3. The van der Waals surface area contributed by atoms with Gasteiger partial charge in [0.25, 0.3) is 0 Å². The molecule has 0 radical (unpaired) electrons. The molecule has 1 aromatic carbocycles. The standard InChI is InChI=1S/C9H9BClFO5/c11-6-4-7(12)8(17-10(13)14)3-5(6)9-15-1-2-16-9/h3-4,9,13-14H,1-2H2. The van der Waals surface area contributed by atoms with Crippen molar-refractivity contribution in [2.75, 3.05) is 13.2 Å². The summed E-state index contributed by atoms with van der Waals surface area (Å²) in [6, 6.07) is 2.22. The SMILES string of the molecule is OB(O)Oc1cc(C2OCCO2)c(Cl)cc1F. The van der Waals surface area contributed by atoms with Gasteiger partial charge in [-0.3, -0.25) is 0 Å². The first-order valence-corrected chi connectivity index (χ1v) is 5.20. The summed E-state index contributed by atoms with van der Waals surface area (Å²) >= 11 is 5.84. The maximum absolute atomic E-state index is 13.4. The highest BCUT2D eigenvalue weighted by atomic mass is 35.5. The van der Waals surface area contributed by atoms with Gasteiger partial charge in [0.15, 0.2) is 12.1 Å². The Labute approximate surface area is 102 Å². The number of halogens is 2. The van der Waals surface area contributed by atoms with E-state index in [0.29, 0.717) is 18.8 Å². The normalized spacial score (nSPS) is 16.2. The molecular formula is C9H9BClFO5. The van der Waals surface area contributed by atoms with Crippen LogP contribution in [0.2, 0.25) is 5.02 Å². The maximum Gasteiger partial charge on any atom is 0.707 e. The van der Waals surface area contributed by atoms with Gasteiger partial charge in [-0.1, -0.05) is 11.6 Å². The van der Waals surface area contributed by atoms with E-state index in [2.05, 4.69) is 4.65 Å². The third-order valence-corrected chi connectivity index (χ3v) is 2.49. The predicted octanol–water partition coefficient (Wildman–Crippen LogP) is 0.873. The van der Waals surface area contributed by atoms with Crippen molar-refractivity contribution in [3.63, 3.8) is 0 Å². The average molecular weight is 262 g/mol. The lowest BCUT2D eigenvalue weighted by Crippen LogP contribution is -2.21. The van der Waals surface area contributed by atoms with Crippen molar-refractivity contribution in [2.24, 2.45) is 0 Å². The minimum absolute atomic E-state index is 0.120. The molecule has 1 heterocycles. The molecule has 0 aromatic heterocycles. The Hall–Kier alpha value is -0.855. The Morgan fingerprint density at radius 3 is 2.59 bits per heavy atom. The van der Waals surface area contributed by atoms with Gasteiger partial charge in [0.2, 0.25) is 0 Å². The van der Waals surface area contributed by atoms with E-state index >= 15 is 0 Å². The summed E-state index contributed by atoms with van der Waals surface area (Å²) in [5, 5.41) is 17.4. The molecule has 2 N–H and O–H groups in total. The third kappa shape index (κ3) is 2.88. The summed E-state index contributed by atoms with van der Waals surface area (Å²) in [5.74, 6) is -1.14. The lowest BCUT2D eigenvalue weighted by atomic mass is 10.1. The van der Waals surface area contributed by atoms with Crippen molar-refractivity contribution in [3.05, 3.63) is 28.5 Å². The Morgan fingerprint density at radius 1 is 1.35 bits per heavy atom. The molecule has 8 heteroatoms. The van der Waals surface area contributed by atoms with Crippen LogP contribution in [0.3, 0.4) is 0 Å². The molecule has 0 bridgehead atoms. The molecule has 0 spiro atoms. The van der Waals surface area contributed by atoms with E-state index in [1.165, 1.54) is 6.07 Å². The van der Waals surface area contributed by atoms with E-state index in [1.54, 1.807) is 0 Å². The molecule has 0 saturated carbocycles. The van der Waals surface area contributed by atoms with Gasteiger partial charge in [-0.15, -0.1) is 0 Å². The van der Waals surface area contributed by atoms with E-state index in [-0.39, 0.29) is 10.8 Å². The van der Waals surface area contributed by atoms with Gasteiger partial charge >= 0.3 is 7.32 Å². The fraction of sp³-hybridized carbons (Fsp3) is 0.333. The highest BCUT2D eigenvalue weighted by Gasteiger charge is 2.24. The second-order valence-corrected chi connectivity index (χ2v) is 3.73. The number of hydrogen-bond donors (Lipinski definition) is 2. The summed E-state index contributed by atoms with van der Waals surface area (Å²) in [5.41, 5.74) is 0.376. The molecule has 1 aromatic rings. The van der Waals surface area contributed by atoms with E-state index in [4.69, 9.17) is 31.1 Å². The van der Waals surface area contributed by atoms with Gasteiger partial charge in [0, 0.05) is 5.56 Å². The summed E-state index contributed by atoms with van der Waals surface area (Å²) in [7, 11) is -2.11. The Kier molecular flexibility index (Phi) is 3.85. The zero-order valence-electron chi connectivity index (χ0n) is 8.60. The van der Waals surface area contributed by atoms with Gasteiger partial charge in [0.05, 0.1) is 18.2 Å². The fourth-order valence-electron chi connectivity index (χ4n) is 1.47. The Bertz CT molecular complexity index is 411. The number of benzene rings is 1. The quantitative estimate of drug-likeness (QED) is 0.791. The van der Waals surface area contributed by atoms with Crippen LogP contribution in [-0.4, -0.2) is 30.6 Å². The maximum atomic E-state index is 13.4. The van der Waals surface area contributed by atoms with E-state index in [9.17, 15) is 4.39 Å². The average Bonchev–Trinajstić information content (AvgIpc) is 2.74. The molecule has 0 amide bonds. The van der Waals surface area contributed by atoms with Crippen LogP contribution >= 0.6 is 11.6 Å². The Morgan fingerprint density at radius 2 is 2.00 bits per heavy atom. The molecule has 5 nitrogen and oxygen atoms in total. The summed E-state index contributed by atoms with van der Waals surface area (Å²) < 4.78 is 28.3. The summed E-state index contributed by atoms with van der Waals surface area (Å²) in [6.07, 6.45) is -0.693. The van der Waals surface area contributed by atoms with Crippen molar-refractivity contribution in [3.8, 4) is 5.75 Å². The highest BCUT2D eigenvalue weighted by molar-refractivity contribution is 6.34.